The van der Waals surface area contributed by atoms with Crippen molar-refractivity contribution in [3.63, 3.8) is 0 Å². The highest BCUT2D eigenvalue weighted by molar-refractivity contribution is 6.20. The molecule has 0 radical (unpaired) electrons. The van der Waals surface area contributed by atoms with Gasteiger partial charge >= 0.3 is 0 Å². The van der Waals surface area contributed by atoms with Crippen molar-refractivity contribution < 1.29 is 14.3 Å². The number of nitrogens with one attached hydrogen (secondary N) is 1. The van der Waals surface area contributed by atoms with Gasteiger partial charge < -0.3 is 19.9 Å². The van der Waals surface area contributed by atoms with E-state index >= 15 is 0 Å². The Morgan fingerprint density at radius 1 is 1.00 bits per heavy atom. The first-order valence-electron chi connectivity index (χ1n) is 12.7. The Kier molecular flexibility index (Phi) is 8.18. The zero-order valence-electron chi connectivity index (χ0n) is 22.0. The van der Waals surface area contributed by atoms with Gasteiger partial charge in [0.1, 0.15) is 11.2 Å². The third-order valence-corrected chi connectivity index (χ3v) is 6.75. The average molecular weight is 502 g/mol. The van der Waals surface area contributed by atoms with E-state index in [-0.39, 0.29) is 17.9 Å². The van der Waals surface area contributed by atoms with Crippen LogP contribution in [0.2, 0.25) is 0 Å². The summed E-state index contributed by atoms with van der Waals surface area (Å²) in [5.41, 5.74) is 2.46. The Labute approximate surface area is 218 Å². The number of nitrogens with zero attached hydrogens (tertiary/aromatic N) is 4. The van der Waals surface area contributed by atoms with E-state index in [0.717, 1.165) is 30.8 Å². The number of rotatable bonds is 10. The van der Waals surface area contributed by atoms with Gasteiger partial charge in [0.05, 0.1) is 29.7 Å². The van der Waals surface area contributed by atoms with E-state index in [1.54, 1.807) is 43.1 Å². The SMILES string of the molecule is CCN1C(=O)C(C)(C)C(=O)N(C)c2cc(OCCCNC(Cc3ccncc3)c3ccccn3)ccc21. The Bertz CT molecular complexity index is 1220. The van der Waals surface area contributed by atoms with Crippen LogP contribution in [0.3, 0.4) is 0 Å². The summed E-state index contributed by atoms with van der Waals surface area (Å²) in [7, 11) is 1.71. The van der Waals surface area contributed by atoms with Crippen LogP contribution in [0.25, 0.3) is 0 Å². The smallest absolute Gasteiger partial charge is 0.242 e. The van der Waals surface area contributed by atoms with E-state index in [1.165, 1.54) is 5.56 Å². The van der Waals surface area contributed by atoms with E-state index < -0.39 is 5.41 Å². The van der Waals surface area contributed by atoms with E-state index in [9.17, 15) is 9.59 Å². The van der Waals surface area contributed by atoms with Crippen LogP contribution in [-0.4, -0.2) is 48.5 Å². The number of benzene rings is 1. The Morgan fingerprint density at radius 3 is 2.49 bits per heavy atom. The van der Waals surface area contributed by atoms with Gasteiger partial charge in [-0.25, -0.2) is 0 Å². The number of carbonyl (C=O) groups excluding carboxylic acids is 2. The average Bonchev–Trinajstić information content (AvgIpc) is 2.97. The molecule has 0 aliphatic carbocycles. The number of anilines is 2. The molecule has 37 heavy (non-hydrogen) atoms. The summed E-state index contributed by atoms with van der Waals surface area (Å²) in [6, 6.07) is 15.7. The lowest BCUT2D eigenvalue weighted by molar-refractivity contribution is -0.137. The second kappa shape index (κ2) is 11.5. The van der Waals surface area contributed by atoms with Crippen molar-refractivity contribution in [2.75, 3.05) is 36.5 Å². The molecule has 194 valence electrons. The third kappa shape index (κ3) is 5.80. The first kappa shape index (κ1) is 26.3. The van der Waals surface area contributed by atoms with Crippen molar-refractivity contribution in [3.8, 4) is 5.75 Å². The minimum Gasteiger partial charge on any atom is -0.493 e. The normalized spacial score (nSPS) is 15.8. The van der Waals surface area contributed by atoms with Crippen molar-refractivity contribution in [2.45, 2.75) is 39.7 Å². The zero-order chi connectivity index (χ0) is 26.4. The summed E-state index contributed by atoms with van der Waals surface area (Å²) < 4.78 is 6.04. The number of carbonyl (C=O) groups is 2. The Morgan fingerprint density at radius 2 is 1.78 bits per heavy atom. The van der Waals surface area contributed by atoms with Crippen LogP contribution < -0.4 is 19.9 Å². The van der Waals surface area contributed by atoms with Crippen LogP contribution in [-0.2, 0) is 16.0 Å². The maximum Gasteiger partial charge on any atom is 0.242 e. The number of aromatic nitrogens is 2. The van der Waals surface area contributed by atoms with Gasteiger partial charge in [-0.3, -0.25) is 19.6 Å². The minimum atomic E-state index is -1.13. The summed E-state index contributed by atoms with van der Waals surface area (Å²) in [5, 5.41) is 3.61. The lowest BCUT2D eigenvalue weighted by atomic mass is 9.90. The minimum absolute atomic E-state index is 0.0803. The molecule has 8 heteroatoms. The summed E-state index contributed by atoms with van der Waals surface area (Å²) in [6.45, 7) is 7.02. The topological polar surface area (TPSA) is 87.7 Å². The molecule has 4 rings (SSSR count). The van der Waals surface area contributed by atoms with E-state index in [4.69, 9.17) is 4.74 Å². The fourth-order valence-corrected chi connectivity index (χ4v) is 4.63. The molecule has 2 aromatic heterocycles. The fourth-order valence-electron chi connectivity index (χ4n) is 4.63. The van der Waals surface area contributed by atoms with Gasteiger partial charge in [0.25, 0.3) is 0 Å². The van der Waals surface area contributed by atoms with E-state index in [0.29, 0.717) is 24.6 Å². The van der Waals surface area contributed by atoms with E-state index in [2.05, 4.69) is 15.3 Å². The molecule has 1 aliphatic rings. The molecule has 0 saturated heterocycles. The van der Waals surface area contributed by atoms with Crippen LogP contribution in [0.15, 0.2) is 67.1 Å². The fraction of sp³-hybridized carbons (Fsp3) is 0.379. The lowest BCUT2D eigenvalue weighted by Gasteiger charge is -2.27. The summed E-state index contributed by atoms with van der Waals surface area (Å²) in [4.78, 5) is 38.0. The molecule has 1 N–H and O–H groups in total. The molecule has 1 aromatic carbocycles. The number of fused-ring (bicyclic) bond motifs is 1. The molecule has 0 bridgehead atoms. The highest BCUT2D eigenvalue weighted by Crippen LogP contribution is 2.40. The molecular formula is C29H35N5O3. The molecule has 1 atom stereocenters. The standard InChI is InChI=1S/C29H35N5O3/c1-5-34-25-11-10-22(20-26(25)33(4)27(35)29(2,3)28(34)36)37-18-8-15-32-24(23-9-6-7-14-31-23)19-21-12-16-30-17-13-21/h6-7,9-14,16-17,20,24,32H,5,8,15,18-19H2,1-4H3. The first-order valence-corrected chi connectivity index (χ1v) is 12.7. The van der Waals surface area contributed by atoms with Crippen molar-refractivity contribution >= 4 is 23.2 Å². The maximum atomic E-state index is 13.1. The molecule has 1 aliphatic heterocycles. The molecule has 1 unspecified atom stereocenters. The van der Waals surface area contributed by atoms with Gasteiger partial charge in [-0.15, -0.1) is 0 Å². The van der Waals surface area contributed by atoms with Crippen molar-refractivity contribution in [1.29, 1.82) is 0 Å². The second-order valence-electron chi connectivity index (χ2n) is 9.71. The summed E-state index contributed by atoms with van der Waals surface area (Å²) in [6.07, 6.45) is 7.03. The van der Waals surface area contributed by atoms with Crippen molar-refractivity contribution in [3.05, 3.63) is 78.4 Å². The predicted molar refractivity (Wildman–Crippen MR) is 145 cm³/mol. The van der Waals surface area contributed by atoms with Crippen LogP contribution in [0, 0.1) is 5.41 Å². The highest BCUT2D eigenvalue weighted by Gasteiger charge is 2.45. The highest BCUT2D eigenvalue weighted by atomic mass is 16.5. The van der Waals surface area contributed by atoms with Gasteiger partial charge in [0.15, 0.2) is 0 Å². The molecule has 2 amide bonds. The number of hydrogen-bond acceptors (Lipinski definition) is 6. The Balaban J connectivity index is 1.38. The molecule has 3 heterocycles. The van der Waals surface area contributed by atoms with Gasteiger partial charge in [0.2, 0.25) is 11.8 Å². The van der Waals surface area contributed by atoms with Crippen LogP contribution >= 0.6 is 0 Å². The number of ether oxygens (including phenoxy) is 1. The van der Waals surface area contributed by atoms with Gasteiger partial charge in [0, 0.05) is 38.2 Å². The van der Waals surface area contributed by atoms with Crippen LogP contribution in [0.5, 0.6) is 5.75 Å². The number of pyridine rings is 2. The van der Waals surface area contributed by atoms with Gasteiger partial charge in [-0.05, 0) is 82.1 Å². The Hall–Kier alpha value is -3.78. The molecule has 8 nitrogen and oxygen atoms in total. The summed E-state index contributed by atoms with van der Waals surface area (Å²) >= 11 is 0. The number of hydrogen-bond donors (Lipinski definition) is 1. The van der Waals surface area contributed by atoms with Crippen LogP contribution in [0.4, 0.5) is 11.4 Å². The van der Waals surface area contributed by atoms with Gasteiger partial charge in [-0.2, -0.15) is 0 Å². The lowest BCUT2D eigenvalue weighted by Crippen LogP contribution is -2.47. The van der Waals surface area contributed by atoms with Gasteiger partial charge in [-0.1, -0.05) is 6.07 Å². The predicted octanol–water partition coefficient (Wildman–Crippen LogP) is 4.17. The molecule has 3 aromatic rings. The van der Waals surface area contributed by atoms with E-state index in [1.807, 2.05) is 61.7 Å². The largest absolute Gasteiger partial charge is 0.493 e. The molecule has 0 fully saturated rings. The maximum absolute atomic E-state index is 13.1. The molecular weight excluding hydrogens is 466 g/mol. The first-order chi connectivity index (χ1) is 17.8. The number of amides is 2. The molecule has 0 saturated carbocycles. The second-order valence-corrected chi connectivity index (χ2v) is 9.71. The monoisotopic (exact) mass is 501 g/mol. The van der Waals surface area contributed by atoms with Crippen molar-refractivity contribution in [1.82, 2.24) is 15.3 Å². The quantitative estimate of drug-likeness (QED) is 0.331. The van der Waals surface area contributed by atoms with Crippen molar-refractivity contribution in [2.24, 2.45) is 5.41 Å². The van der Waals surface area contributed by atoms with Crippen LogP contribution in [0.1, 0.15) is 44.5 Å². The third-order valence-electron chi connectivity index (χ3n) is 6.75. The zero-order valence-corrected chi connectivity index (χ0v) is 22.0. The molecule has 0 spiro atoms. The summed E-state index contributed by atoms with van der Waals surface area (Å²) in [5.74, 6) is 0.241.